The minimum Gasteiger partial charge on any atom is -0.412 e. The lowest BCUT2D eigenvalue weighted by molar-refractivity contribution is 0.249. The van der Waals surface area contributed by atoms with E-state index in [0.29, 0.717) is 17.9 Å². The summed E-state index contributed by atoms with van der Waals surface area (Å²) in [5.74, 6) is 3.94. The van der Waals surface area contributed by atoms with Crippen molar-refractivity contribution in [3.8, 4) is 0 Å². The molecule has 0 aliphatic carbocycles. The summed E-state index contributed by atoms with van der Waals surface area (Å²) in [6, 6.07) is 0. The molecule has 1 saturated heterocycles. The van der Waals surface area contributed by atoms with Crippen molar-refractivity contribution in [1.82, 2.24) is 0 Å². The van der Waals surface area contributed by atoms with E-state index in [1.54, 1.807) is 0 Å². The molecule has 124 valence electrons. The van der Waals surface area contributed by atoms with Crippen LogP contribution in [0, 0.1) is 29.6 Å². The van der Waals surface area contributed by atoms with E-state index in [1.165, 1.54) is 6.42 Å². The van der Waals surface area contributed by atoms with Crippen LogP contribution in [0.2, 0.25) is 0 Å². The summed E-state index contributed by atoms with van der Waals surface area (Å²) in [6.07, 6.45) is 1.88. The predicted octanol–water partition coefficient (Wildman–Crippen LogP) is 4.96. The molecule has 1 fully saturated rings. The van der Waals surface area contributed by atoms with Crippen LogP contribution in [0.5, 0.6) is 0 Å². The Morgan fingerprint density at radius 2 is 1.35 bits per heavy atom. The van der Waals surface area contributed by atoms with Crippen LogP contribution in [0.25, 0.3) is 0 Å². The van der Waals surface area contributed by atoms with Crippen molar-refractivity contribution in [2.24, 2.45) is 29.6 Å². The third-order valence-corrected chi connectivity index (χ3v) is 4.62. The van der Waals surface area contributed by atoms with Gasteiger partial charge in [0.15, 0.2) is 0 Å². The van der Waals surface area contributed by atoms with Gasteiger partial charge in [0, 0.05) is 0 Å². The highest BCUT2D eigenvalue weighted by molar-refractivity contribution is 5.02. The van der Waals surface area contributed by atoms with Gasteiger partial charge in [-0.1, -0.05) is 62.3 Å². The molecule has 1 aliphatic heterocycles. The maximum atomic E-state index is 5.63. The predicted molar refractivity (Wildman–Crippen MR) is 90.0 cm³/mol. The summed E-state index contributed by atoms with van der Waals surface area (Å²) in [6.45, 7) is 22.6. The van der Waals surface area contributed by atoms with Crippen molar-refractivity contribution in [2.45, 2.75) is 87.4 Å². The molecule has 0 aromatic heterocycles. The Morgan fingerprint density at radius 3 is 1.45 bits per heavy atom. The molecule has 0 amide bonds. The lowest BCUT2D eigenvalue weighted by atomic mass is 9.89. The SMILES string of the molecule is CC(C)CC(C)C(C)C.CC(C)[C@H]1O[C@]1(C)C(C)C.O. The molecular weight excluding hydrogens is 248 g/mol. The molecule has 2 heteroatoms. The quantitative estimate of drug-likeness (QED) is 0.660. The molecule has 3 atom stereocenters. The number of ether oxygens (including phenoxy) is 1. The number of hydrogen-bond acceptors (Lipinski definition) is 1. The fourth-order valence-electron chi connectivity index (χ4n) is 2.52. The molecule has 0 aromatic carbocycles. The van der Waals surface area contributed by atoms with Crippen molar-refractivity contribution in [2.75, 3.05) is 0 Å². The van der Waals surface area contributed by atoms with Gasteiger partial charge >= 0.3 is 0 Å². The fourth-order valence-corrected chi connectivity index (χ4v) is 2.52. The number of hydrogen-bond donors (Lipinski definition) is 0. The van der Waals surface area contributed by atoms with Gasteiger partial charge in [0.25, 0.3) is 0 Å². The largest absolute Gasteiger partial charge is 0.412 e. The van der Waals surface area contributed by atoms with E-state index >= 15 is 0 Å². The first-order valence-electron chi connectivity index (χ1n) is 8.20. The van der Waals surface area contributed by atoms with Gasteiger partial charge in [-0.3, -0.25) is 0 Å². The topological polar surface area (TPSA) is 44.0 Å². The minimum absolute atomic E-state index is 0. The molecule has 2 N–H and O–H groups in total. The van der Waals surface area contributed by atoms with Crippen LogP contribution in [0.15, 0.2) is 0 Å². The summed E-state index contributed by atoms with van der Waals surface area (Å²) in [5, 5.41) is 0. The summed E-state index contributed by atoms with van der Waals surface area (Å²) in [7, 11) is 0. The smallest absolute Gasteiger partial charge is 0.0945 e. The van der Waals surface area contributed by atoms with Crippen molar-refractivity contribution < 1.29 is 10.2 Å². The summed E-state index contributed by atoms with van der Waals surface area (Å²) in [5.41, 5.74) is 0.189. The Balaban J connectivity index is 0. The van der Waals surface area contributed by atoms with E-state index in [4.69, 9.17) is 4.74 Å². The molecule has 1 aliphatic rings. The molecule has 0 bridgehead atoms. The molecule has 20 heavy (non-hydrogen) atoms. The molecule has 0 radical (unpaired) electrons. The van der Waals surface area contributed by atoms with Crippen LogP contribution in [-0.4, -0.2) is 17.2 Å². The van der Waals surface area contributed by atoms with Crippen molar-refractivity contribution >= 4 is 0 Å². The second kappa shape index (κ2) is 9.04. The third kappa shape index (κ3) is 7.08. The maximum Gasteiger partial charge on any atom is 0.0945 e. The Labute approximate surface area is 128 Å². The zero-order valence-electron chi connectivity index (χ0n) is 15.6. The Morgan fingerprint density at radius 1 is 0.900 bits per heavy atom. The Kier molecular flexibility index (Phi) is 10.0. The van der Waals surface area contributed by atoms with Gasteiger partial charge in [-0.15, -0.1) is 0 Å². The van der Waals surface area contributed by atoms with Crippen LogP contribution in [0.4, 0.5) is 0 Å². The Hall–Kier alpha value is -0.0800. The van der Waals surface area contributed by atoms with E-state index < -0.39 is 0 Å². The lowest BCUT2D eigenvalue weighted by Crippen LogP contribution is -2.20. The van der Waals surface area contributed by atoms with E-state index in [-0.39, 0.29) is 11.1 Å². The fraction of sp³-hybridized carbons (Fsp3) is 1.00. The minimum atomic E-state index is 0. The van der Waals surface area contributed by atoms with Crippen LogP contribution in [-0.2, 0) is 4.74 Å². The van der Waals surface area contributed by atoms with Crippen LogP contribution in [0.3, 0.4) is 0 Å². The Bertz CT molecular complexity index is 246. The average molecular weight is 289 g/mol. The van der Waals surface area contributed by atoms with E-state index in [0.717, 1.165) is 17.8 Å². The van der Waals surface area contributed by atoms with E-state index in [9.17, 15) is 0 Å². The van der Waals surface area contributed by atoms with Crippen LogP contribution < -0.4 is 0 Å². The molecule has 0 saturated carbocycles. The monoisotopic (exact) mass is 288 g/mol. The molecular formula is C18H40O2. The van der Waals surface area contributed by atoms with Gasteiger partial charge < -0.3 is 10.2 Å². The van der Waals surface area contributed by atoms with Crippen molar-refractivity contribution in [3.05, 3.63) is 0 Å². The average Bonchev–Trinajstić information content (AvgIpc) is 2.92. The summed E-state index contributed by atoms with van der Waals surface area (Å²) in [4.78, 5) is 0. The van der Waals surface area contributed by atoms with Crippen LogP contribution >= 0.6 is 0 Å². The highest BCUT2D eigenvalue weighted by Crippen LogP contribution is 2.46. The molecule has 1 heterocycles. The second-order valence-electron chi connectivity index (χ2n) is 7.97. The first-order valence-corrected chi connectivity index (χ1v) is 8.20. The molecule has 2 nitrogen and oxygen atoms in total. The van der Waals surface area contributed by atoms with Gasteiger partial charge in [0.2, 0.25) is 0 Å². The molecule has 0 spiro atoms. The highest BCUT2D eigenvalue weighted by atomic mass is 16.6. The van der Waals surface area contributed by atoms with Crippen molar-refractivity contribution in [1.29, 1.82) is 0 Å². The van der Waals surface area contributed by atoms with Gasteiger partial charge in [-0.05, 0) is 42.9 Å². The first kappa shape index (κ1) is 22.2. The summed E-state index contributed by atoms with van der Waals surface area (Å²) >= 11 is 0. The molecule has 1 unspecified atom stereocenters. The standard InChI is InChI=1S/C9H18O.C9H20.H2O/c1-6(2)8-9(5,10-8)7(3)4;1-7(2)6-9(5)8(3)4;/h6-8H,1-5H3;7-9H,6H2,1-5H3;1H2/t8-,9-;;/m1../s1. The maximum absolute atomic E-state index is 5.63. The first-order chi connectivity index (χ1) is 8.52. The van der Waals surface area contributed by atoms with Gasteiger partial charge in [0.1, 0.15) is 0 Å². The van der Waals surface area contributed by atoms with Crippen molar-refractivity contribution in [3.63, 3.8) is 0 Å². The zero-order valence-corrected chi connectivity index (χ0v) is 15.6. The second-order valence-corrected chi connectivity index (χ2v) is 7.97. The molecule has 0 aromatic rings. The highest BCUT2D eigenvalue weighted by Gasteiger charge is 2.55. The van der Waals surface area contributed by atoms with Crippen LogP contribution in [0.1, 0.15) is 75.7 Å². The van der Waals surface area contributed by atoms with Gasteiger partial charge in [0.05, 0.1) is 11.7 Å². The van der Waals surface area contributed by atoms with Gasteiger partial charge in [-0.2, -0.15) is 0 Å². The van der Waals surface area contributed by atoms with E-state index in [1.807, 2.05) is 0 Å². The zero-order chi connectivity index (χ0) is 15.4. The number of epoxide rings is 1. The lowest BCUT2D eigenvalue weighted by Gasteiger charge is -2.16. The normalized spacial score (nSPS) is 26.4. The number of rotatable bonds is 5. The molecule has 1 rings (SSSR count). The summed E-state index contributed by atoms with van der Waals surface area (Å²) < 4.78 is 5.63. The van der Waals surface area contributed by atoms with Gasteiger partial charge in [-0.25, -0.2) is 0 Å². The van der Waals surface area contributed by atoms with E-state index in [2.05, 4.69) is 69.2 Å². The third-order valence-electron chi connectivity index (χ3n) is 4.62.